The Labute approximate surface area is 189 Å². The number of carbonyl (C=O) groups is 1. The number of nitrogens with two attached hydrogens (primary N) is 1. The quantitative estimate of drug-likeness (QED) is 0.435. The van der Waals surface area contributed by atoms with E-state index in [4.69, 9.17) is 10.3 Å². The van der Waals surface area contributed by atoms with E-state index in [1.807, 2.05) is 25.3 Å². The Bertz CT molecular complexity index is 1260. The summed E-state index contributed by atoms with van der Waals surface area (Å²) in [4.78, 5) is 29.1. The third-order valence-corrected chi connectivity index (χ3v) is 5.90. The van der Waals surface area contributed by atoms with Gasteiger partial charge in [0.25, 0.3) is 5.89 Å². The highest BCUT2D eigenvalue weighted by Crippen LogP contribution is 2.48. The molecule has 0 aliphatic heterocycles. The SMILES string of the molecule is CCNC(=O)Cn1cc(-c2nc(C3(c4ccc(-c5cnc(N)nc5)nc4)CCC3)no2)cn1. The molecule has 0 radical (unpaired) electrons. The monoisotopic (exact) mass is 445 g/mol. The Hall–Kier alpha value is -4.15. The number of hydrogen-bond acceptors (Lipinski definition) is 9. The molecule has 1 fully saturated rings. The van der Waals surface area contributed by atoms with Gasteiger partial charge in [-0.25, -0.2) is 9.97 Å². The summed E-state index contributed by atoms with van der Waals surface area (Å²) < 4.78 is 7.11. The lowest BCUT2D eigenvalue weighted by Gasteiger charge is -2.39. The lowest BCUT2D eigenvalue weighted by Crippen LogP contribution is -2.36. The molecule has 168 valence electrons. The Morgan fingerprint density at radius 2 is 1.97 bits per heavy atom. The molecule has 1 aliphatic carbocycles. The number of amides is 1. The van der Waals surface area contributed by atoms with Gasteiger partial charge >= 0.3 is 0 Å². The molecule has 11 heteroatoms. The summed E-state index contributed by atoms with van der Waals surface area (Å²) >= 11 is 0. The van der Waals surface area contributed by atoms with Crippen molar-refractivity contribution in [2.24, 2.45) is 0 Å². The summed E-state index contributed by atoms with van der Waals surface area (Å²) in [6.45, 7) is 2.58. The van der Waals surface area contributed by atoms with Gasteiger partial charge in [0.1, 0.15) is 6.54 Å². The van der Waals surface area contributed by atoms with Crippen molar-refractivity contribution in [3.05, 3.63) is 54.5 Å². The molecule has 0 atom stereocenters. The first-order valence-electron chi connectivity index (χ1n) is 10.8. The van der Waals surface area contributed by atoms with Crippen LogP contribution in [-0.4, -0.2) is 47.3 Å². The fraction of sp³-hybridized carbons (Fsp3) is 0.318. The van der Waals surface area contributed by atoms with Gasteiger partial charge in [-0.3, -0.25) is 14.5 Å². The highest BCUT2D eigenvalue weighted by molar-refractivity contribution is 5.75. The molecule has 0 spiro atoms. The Kier molecular flexibility index (Phi) is 5.29. The maximum atomic E-state index is 11.8. The van der Waals surface area contributed by atoms with Gasteiger partial charge < -0.3 is 15.6 Å². The minimum absolute atomic E-state index is 0.103. The predicted molar refractivity (Wildman–Crippen MR) is 119 cm³/mol. The van der Waals surface area contributed by atoms with Crippen LogP contribution in [0, 0.1) is 0 Å². The van der Waals surface area contributed by atoms with Crippen molar-refractivity contribution in [2.75, 3.05) is 12.3 Å². The Balaban J connectivity index is 1.37. The number of carbonyl (C=O) groups excluding carboxylic acids is 1. The molecule has 11 nitrogen and oxygen atoms in total. The minimum Gasteiger partial charge on any atom is -0.368 e. The largest absolute Gasteiger partial charge is 0.368 e. The third-order valence-electron chi connectivity index (χ3n) is 5.90. The molecule has 1 amide bonds. The van der Waals surface area contributed by atoms with Crippen LogP contribution in [-0.2, 0) is 16.8 Å². The van der Waals surface area contributed by atoms with Gasteiger partial charge in [0.15, 0.2) is 5.82 Å². The number of pyridine rings is 1. The topological polar surface area (TPSA) is 151 Å². The fourth-order valence-electron chi connectivity index (χ4n) is 3.99. The van der Waals surface area contributed by atoms with E-state index in [2.05, 4.69) is 35.5 Å². The first-order chi connectivity index (χ1) is 16.1. The molecule has 4 heterocycles. The maximum absolute atomic E-state index is 11.8. The highest BCUT2D eigenvalue weighted by Gasteiger charge is 2.45. The predicted octanol–water partition coefficient (Wildman–Crippen LogP) is 1.97. The highest BCUT2D eigenvalue weighted by atomic mass is 16.5. The normalized spacial score (nSPS) is 14.6. The van der Waals surface area contributed by atoms with Crippen molar-refractivity contribution in [3.8, 4) is 22.7 Å². The van der Waals surface area contributed by atoms with E-state index in [-0.39, 0.29) is 23.8 Å². The number of anilines is 1. The molecule has 5 rings (SSSR count). The molecular weight excluding hydrogens is 422 g/mol. The van der Waals surface area contributed by atoms with Crippen LogP contribution in [0.3, 0.4) is 0 Å². The van der Waals surface area contributed by atoms with Crippen LogP contribution in [0.2, 0.25) is 0 Å². The van der Waals surface area contributed by atoms with E-state index in [9.17, 15) is 4.79 Å². The molecule has 0 unspecified atom stereocenters. The minimum atomic E-state index is -0.331. The average Bonchev–Trinajstić information content (AvgIpc) is 3.44. The first kappa shape index (κ1) is 20.7. The summed E-state index contributed by atoms with van der Waals surface area (Å²) in [6.07, 6.45) is 11.4. The molecule has 3 N–H and O–H groups in total. The summed E-state index contributed by atoms with van der Waals surface area (Å²) in [5.41, 5.74) is 8.50. The fourth-order valence-corrected chi connectivity index (χ4v) is 3.99. The van der Waals surface area contributed by atoms with Gasteiger partial charge in [-0.1, -0.05) is 17.6 Å². The van der Waals surface area contributed by atoms with Crippen LogP contribution in [0.5, 0.6) is 0 Å². The molecule has 1 aliphatic rings. The lowest BCUT2D eigenvalue weighted by molar-refractivity contribution is -0.121. The van der Waals surface area contributed by atoms with Crippen molar-refractivity contribution in [3.63, 3.8) is 0 Å². The van der Waals surface area contributed by atoms with E-state index in [0.29, 0.717) is 23.8 Å². The van der Waals surface area contributed by atoms with Gasteiger partial charge in [-0.05, 0) is 31.4 Å². The van der Waals surface area contributed by atoms with Crippen LogP contribution in [0.1, 0.15) is 37.6 Å². The number of hydrogen-bond donors (Lipinski definition) is 2. The van der Waals surface area contributed by atoms with Crippen LogP contribution in [0.4, 0.5) is 5.95 Å². The number of rotatable bonds is 7. The first-order valence-corrected chi connectivity index (χ1v) is 10.8. The maximum Gasteiger partial charge on any atom is 0.261 e. The molecule has 33 heavy (non-hydrogen) atoms. The van der Waals surface area contributed by atoms with E-state index in [0.717, 1.165) is 36.1 Å². The zero-order chi connectivity index (χ0) is 22.8. The number of aromatic nitrogens is 7. The van der Waals surface area contributed by atoms with Crippen LogP contribution in [0.15, 0.2) is 47.6 Å². The van der Waals surface area contributed by atoms with E-state index in [1.54, 1.807) is 29.5 Å². The second-order valence-electron chi connectivity index (χ2n) is 8.00. The number of nitrogens with zero attached hydrogens (tertiary/aromatic N) is 7. The zero-order valence-electron chi connectivity index (χ0n) is 18.1. The molecule has 0 saturated heterocycles. The zero-order valence-corrected chi connectivity index (χ0v) is 18.1. The molecule has 0 aromatic carbocycles. The lowest BCUT2D eigenvalue weighted by atomic mass is 9.64. The van der Waals surface area contributed by atoms with Crippen LogP contribution in [0.25, 0.3) is 22.7 Å². The van der Waals surface area contributed by atoms with Gasteiger partial charge in [-0.2, -0.15) is 10.1 Å². The van der Waals surface area contributed by atoms with Crippen LogP contribution < -0.4 is 11.1 Å². The van der Waals surface area contributed by atoms with Gasteiger partial charge in [0.05, 0.1) is 22.9 Å². The molecular formula is C22H23N9O2. The summed E-state index contributed by atoms with van der Waals surface area (Å²) in [5.74, 6) is 1.13. The summed E-state index contributed by atoms with van der Waals surface area (Å²) in [7, 11) is 0. The van der Waals surface area contributed by atoms with E-state index < -0.39 is 0 Å². The van der Waals surface area contributed by atoms with Crippen LogP contribution >= 0.6 is 0 Å². The van der Waals surface area contributed by atoms with E-state index >= 15 is 0 Å². The standard InChI is InChI=1S/C22H23N9O2/c1-2-24-18(32)13-31-12-15(10-28-31)19-29-20(30-33-19)22(6-3-7-22)16-4-5-17(25-11-16)14-8-26-21(23)27-9-14/h4-5,8-12H,2-3,6-7,13H2,1H3,(H,24,32)(H2,23,26,27). The van der Waals surface area contributed by atoms with Crippen molar-refractivity contribution < 1.29 is 9.32 Å². The second kappa shape index (κ2) is 8.41. The third kappa shape index (κ3) is 3.93. The van der Waals surface area contributed by atoms with Crippen molar-refractivity contribution in [1.82, 2.24) is 40.2 Å². The summed E-state index contributed by atoms with van der Waals surface area (Å²) in [5, 5.41) is 11.3. The number of nitrogen functional groups attached to an aromatic ring is 1. The van der Waals surface area contributed by atoms with Crippen molar-refractivity contribution in [2.45, 2.75) is 38.1 Å². The van der Waals surface area contributed by atoms with Crippen molar-refractivity contribution in [1.29, 1.82) is 0 Å². The molecule has 0 bridgehead atoms. The Morgan fingerprint density at radius 1 is 1.15 bits per heavy atom. The Morgan fingerprint density at radius 3 is 2.64 bits per heavy atom. The van der Waals surface area contributed by atoms with Gasteiger partial charge in [0, 0.05) is 36.9 Å². The molecule has 4 aromatic heterocycles. The molecule has 4 aromatic rings. The second-order valence-corrected chi connectivity index (χ2v) is 8.00. The van der Waals surface area contributed by atoms with Gasteiger partial charge in [0.2, 0.25) is 11.9 Å². The number of likely N-dealkylation sites (N-methyl/N-ethyl adjacent to an activating group) is 1. The summed E-state index contributed by atoms with van der Waals surface area (Å²) in [6, 6.07) is 3.98. The average molecular weight is 445 g/mol. The number of nitrogens with one attached hydrogen (secondary N) is 1. The smallest absolute Gasteiger partial charge is 0.261 e. The molecule has 1 saturated carbocycles. The van der Waals surface area contributed by atoms with Gasteiger partial charge in [-0.15, -0.1) is 0 Å². The van der Waals surface area contributed by atoms with E-state index in [1.165, 1.54) is 0 Å². The van der Waals surface area contributed by atoms with Crippen molar-refractivity contribution >= 4 is 11.9 Å².